The van der Waals surface area contributed by atoms with Crippen LogP contribution in [0.2, 0.25) is 0 Å². The maximum absolute atomic E-state index is 5.38. The van der Waals surface area contributed by atoms with E-state index < -0.39 is 0 Å². The van der Waals surface area contributed by atoms with Gasteiger partial charge in [0, 0.05) is 33.7 Å². The molecule has 0 fully saturated rings. The molecule has 0 spiro atoms. The Balaban J connectivity index is 2.50. The fourth-order valence-electron chi connectivity index (χ4n) is 2.89. The summed E-state index contributed by atoms with van der Waals surface area (Å²) in [5.74, 6) is 2.46. The summed E-state index contributed by atoms with van der Waals surface area (Å²) in [4.78, 5) is 9.01. The van der Waals surface area contributed by atoms with E-state index in [1.165, 1.54) is 12.0 Å². The molecule has 6 nitrogen and oxygen atoms in total. The summed E-state index contributed by atoms with van der Waals surface area (Å²) in [5, 5.41) is 3.46. The van der Waals surface area contributed by atoms with E-state index in [4.69, 9.17) is 9.47 Å². The van der Waals surface area contributed by atoms with Crippen LogP contribution in [-0.4, -0.2) is 76.8 Å². The van der Waals surface area contributed by atoms with Crippen molar-refractivity contribution in [1.82, 2.24) is 15.1 Å². The molecule has 1 rings (SSSR count). The quantitative estimate of drug-likeness (QED) is 0.483. The largest absolute Gasteiger partial charge is 0.493 e. The standard InChI is InChI=1S/C20H36N4O2/c1-7-13-24(8-2)15-12-22-20(21-3)23(4)14-11-17-9-10-18(25-5)19(16-17)26-6/h9-10,16H,7-8,11-15H2,1-6H3,(H,21,22). The molecule has 148 valence electrons. The third kappa shape index (κ3) is 7.12. The highest BCUT2D eigenvalue weighted by Gasteiger charge is 2.09. The first-order valence-corrected chi connectivity index (χ1v) is 9.44. The molecule has 0 bridgehead atoms. The number of aliphatic imine (C=N–C) groups is 1. The van der Waals surface area contributed by atoms with Crippen molar-refractivity contribution in [2.45, 2.75) is 26.7 Å². The highest BCUT2D eigenvalue weighted by atomic mass is 16.5. The zero-order valence-corrected chi connectivity index (χ0v) is 17.3. The molecule has 1 N–H and O–H groups in total. The summed E-state index contributed by atoms with van der Waals surface area (Å²) in [7, 11) is 7.22. The molecule has 0 unspecified atom stereocenters. The number of rotatable bonds is 11. The third-order valence-electron chi connectivity index (χ3n) is 4.46. The maximum atomic E-state index is 5.38. The Hall–Kier alpha value is -1.95. The predicted molar refractivity (Wildman–Crippen MR) is 110 cm³/mol. The summed E-state index contributed by atoms with van der Waals surface area (Å²) in [6.45, 7) is 9.47. The molecule has 1 aromatic carbocycles. The molecule has 0 aromatic heterocycles. The van der Waals surface area contributed by atoms with Gasteiger partial charge in [0.15, 0.2) is 17.5 Å². The molecular formula is C20H36N4O2. The van der Waals surface area contributed by atoms with Crippen LogP contribution in [0.25, 0.3) is 0 Å². The minimum atomic E-state index is 0.759. The molecule has 0 saturated heterocycles. The highest BCUT2D eigenvalue weighted by molar-refractivity contribution is 5.79. The number of hydrogen-bond donors (Lipinski definition) is 1. The van der Waals surface area contributed by atoms with E-state index >= 15 is 0 Å². The van der Waals surface area contributed by atoms with Crippen LogP contribution in [0.1, 0.15) is 25.8 Å². The van der Waals surface area contributed by atoms with Crippen molar-refractivity contribution in [2.75, 3.05) is 61.0 Å². The second kappa shape index (κ2) is 12.4. The second-order valence-electron chi connectivity index (χ2n) is 6.27. The predicted octanol–water partition coefficient (Wildman–Crippen LogP) is 2.49. The minimum absolute atomic E-state index is 0.759. The first-order chi connectivity index (χ1) is 12.6. The topological polar surface area (TPSA) is 49.3 Å². The number of methoxy groups -OCH3 is 2. The van der Waals surface area contributed by atoms with Crippen LogP contribution in [-0.2, 0) is 6.42 Å². The van der Waals surface area contributed by atoms with E-state index in [1.807, 2.05) is 19.2 Å². The fourth-order valence-corrected chi connectivity index (χ4v) is 2.89. The van der Waals surface area contributed by atoms with Gasteiger partial charge in [-0.3, -0.25) is 4.99 Å². The zero-order valence-electron chi connectivity index (χ0n) is 17.3. The summed E-state index contributed by atoms with van der Waals surface area (Å²) >= 11 is 0. The van der Waals surface area contributed by atoms with Crippen molar-refractivity contribution in [1.29, 1.82) is 0 Å². The van der Waals surface area contributed by atoms with Gasteiger partial charge in [-0.25, -0.2) is 0 Å². The second-order valence-corrected chi connectivity index (χ2v) is 6.27. The van der Waals surface area contributed by atoms with Gasteiger partial charge in [-0.15, -0.1) is 0 Å². The van der Waals surface area contributed by atoms with Crippen molar-refractivity contribution in [3.63, 3.8) is 0 Å². The van der Waals surface area contributed by atoms with Crippen molar-refractivity contribution in [3.05, 3.63) is 23.8 Å². The molecule has 0 aliphatic rings. The molecule has 26 heavy (non-hydrogen) atoms. The lowest BCUT2D eigenvalue weighted by Crippen LogP contribution is -2.43. The first kappa shape index (κ1) is 22.1. The number of guanidine groups is 1. The van der Waals surface area contributed by atoms with Gasteiger partial charge < -0.3 is 24.6 Å². The van der Waals surface area contributed by atoms with Crippen LogP contribution in [0.5, 0.6) is 11.5 Å². The van der Waals surface area contributed by atoms with Crippen molar-refractivity contribution < 1.29 is 9.47 Å². The lowest BCUT2D eigenvalue weighted by molar-refractivity contribution is 0.291. The van der Waals surface area contributed by atoms with E-state index in [-0.39, 0.29) is 0 Å². The van der Waals surface area contributed by atoms with E-state index in [0.29, 0.717) is 0 Å². The van der Waals surface area contributed by atoms with Gasteiger partial charge in [-0.1, -0.05) is 19.9 Å². The van der Waals surface area contributed by atoms with Gasteiger partial charge in [0.05, 0.1) is 14.2 Å². The Morgan fingerprint density at radius 3 is 2.38 bits per heavy atom. The van der Waals surface area contributed by atoms with Gasteiger partial charge >= 0.3 is 0 Å². The normalized spacial score (nSPS) is 11.6. The van der Waals surface area contributed by atoms with Gasteiger partial charge in [0.2, 0.25) is 0 Å². The number of benzene rings is 1. The Kier molecular flexibility index (Phi) is 10.5. The third-order valence-corrected chi connectivity index (χ3v) is 4.46. The molecule has 0 radical (unpaired) electrons. The van der Waals surface area contributed by atoms with E-state index in [9.17, 15) is 0 Å². The summed E-state index contributed by atoms with van der Waals surface area (Å²) in [5.41, 5.74) is 1.21. The average Bonchev–Trinajstić information content (AvgIpc) is 2.68. The minimum Gasteiger partial charge on any atom is -0.493 e. The lowest BCUT2D eigenvalue weighted by atomic mass is 10.1. The number of nitrogens with zero attached hydrogens (tertiary/aromatic N) is 3. The van der Waals surface area contributed by atoms with Crippen LogP contribution in [0.4, 0.5) is 0 Å². The smallest absolute Gasteiger partial charge is 0.193 e. The van der Waals surface area contributed by atoms with Crippen molar-refractivity contribution in [3.8, 4) is 11.5 Å². The lowest BCUT2D eigenvalue weighted by Gasteiger charge is -2.24. The highest BCUT2D eigenvalue weighted by Crippen LogP contribution is 2.27. The molecular weight excluding hydrogens is 328 g/mol. The van der Waals surface area contributed by atoms with E-state index in [0.717, 1.165) is 56.6 Å². The average molecular weight is 365 g/mol. The van der Waals surface area contributed by atoms with Crippen LogP contribution in [0.3, 0.4) is 0 Å². The molecule has 0 amide bonds. The first-order valence-electron chi connectivity index (χ1n) is 9.44. The van der Waals surface area contributed by atoms with Gasteiger partial charge in [0.25, 0.3) is 0 Å². The van der Waals surface area contributed by atoms with Gasteiger partial charge in [-0.05, 0) is 43.6 Å². The Morgan fingerprint density at radius 2 is 1.81 bits per heavy atom. The summed E-state index contributed by atoms with van der Waals surface area (Å²) < 4.78 is 10.7. The zero-order chi connectivity index (χ0) is 19.4. The van der Waals surface area contributed by atoms with Crippen molar-refractivity contribution >= 4 is 5.96 Å². The van der Waals surface area contributed by atoms with E-state index in [2.05, 4.69) is 47.1 Å². The Labute approximate surface area is 159 Å². The van der Waals surface area contributed by atoms with Crippen LogP contribution in [0, 0.1) is 0 Å². The van der Waals surface area contributed by atoms with E-state index in [1.54, 1.807) is 14.2 Å². The van der Waals surface area contributed by atoms with Crippen LogP contribution >= 0.6 is 0 Å². The molecule has 0 atom stereocenters. The van der Waals surface area contributed by atoms with Crippen LogP contribution < -0.4 is 14.8 Å². The number of hydrogen-bond acceptors (Lipinski definition) is 4. The number of ether oxygens (including phenoxy) is 2. The van der Waals surface area contributed by atoms with Crippen molar-refractivity contribution in [2.24, 2.45) is 4.99 Å². The monoisotopic (exact) mass is 364 g/mol. The SMILES string of the molecule is CCCN(CC)CCNC(=NC)N(C)CCc1ccc(OC)c(OC)c1. The number of likely N-dealkylation sites (N-methyl/N-ethyl adjacent to an activating group) is 2. The molecule has 0 aliphatic heterocycles. The molecule has 0 aliphatic carbocycles. The molecule has 0 saturated carbocycles. The Bertz CT molecular complexity index is 549. The molecule has 6 heteroatoms. The van der Waals surface area contributed by atoms with Gasteiger partial charge in [0.1, 0.15) is 0 Å². The molecule has 0 heterocycles. The summed E-state index contributed by atoms with van der Waals surface area (Å²) in [6, 6.07) is 6.07. The van der Waals surface area contributed by atoms with Crippen LogP contribution in [0.15, 0.2) is 23.2 Å². The maximum Gasteiger partial charge on any atom is 0.193 e. The number of nitrogens with one attached hydrogen (secondary N) is 1. The Morgan fingerprint density at radius 1 is 1.08 bits per heavy atom. The summed E-state index contributed by atoms with van der Waals surface area (Å²) in [6.07, 6.45) is 2.10. The molecule has 1 aromatic rings. The fraction of sp³-hybridized carbons (Fsp3) is 0.650. The van der Waals surface area contributed by atoms with Gasteiger partial charge in [-0.2, -0.15) is 0 Å².